The lowest BCUT2D eigenvalue weighted by Crippen LogP contribution is -2.03. The molecule has 2 aromatic rings. The van der Waals surface area contributed by atoms with E-state index in [0.29, 0.717) is 12.0 Å². The van der Waals surface area contributed by atoms with Crippen LogP contribution in [0.5, 0.6) is 0 Å². The molecular weight excluding hydrogens is 194 g/mol. The van der Waals surface area contributed by atoms with Crippen molar-refractivity contribution >= 4 is 6.29 Å². The van der Waals surface area contributed by atoms with Gasteiger partial charge in [-0.3, -0.25) is 9.48 Å². The van der Waals surface area contributed by atoms with Crippen LogP contribution in [0.1, 0.15) is 16.9 Å². The van der Waals surface area contributed by atoms with E-state index in [-0.39, 0.29) is 0 Å². The third-order valence-electron chi connectivity index (χ3n) is 2.04. The van der Waals surface area contributed by atoms with E-state index in [0.717, 1.165) is 19.5 Å². The summed E-state index contributed by atoms with van der Waals surface area (Å²) < 4.78 is 3.66. The second-order valence-corrected chi connectivity index (χ2v) is 3.18. The number of aromatic nitrogens is 5. The Morgan fingerprint density at radius 2 is 2.33 bits per heavy atom. The first kappa shape index (κ1) is 9.57. The van der Waals surface area contributed by atoms with Crippen molar-refractivity contribution in [3.8, 4) is 0 Å². The molecule has 0 aliphatic rings. The smallest absolute Gasteiger partial charge is 0.171 e. The van der Waals surface area contributed by atoms with E-state index < -0.39 is 0 Å². The van der Waals surface area contributed by atoms with Gasteiger partial charge in [0.1, 0.15) is 5.69 Å². The van der Waals surface area contributed by atoms with E-state index in [1.165, 1.54) is 0 Å². The Hall–Kier alpha value is -1.98. The van der Waals surface area contributed by atoms with Crippen LogP contribution in [0, 0.1) is 0 Å². The van der Waals surface area contributed by atoms with Gasteiger partial charge in [0.15, 0.2) is 6.29 Å². The quantitative estimate of drug-likeness (QED) is 0.662. The van der Waals surface area contributed by atoms with Gasteiger partial charge in [-0.05, 0) is 6.42 Å². The number of nitrogens with zero attached hydrogens (tertiary/aromatic N) is 5. The predicted octanol–water partition coefficient (Wildman–Crippen LogP) is 0.377. The molecule has 2 rings (SSSR count). The fraction of sp³-hybridized carbons (Fsp3) is 0.333. The van der Waals surface area contributed by atoms with Crippen LogP contribution in [0.3, 0.4) is 0 Å². The molecule has 78 valence electrons. The summed E-state index contributed by atoms with van der Waals surface area (Å²) in [4.78, 5) is 14.3. The Kier molecular flexibility index (Phi) is 2.87. The topological polar surface area (TPSA) is 65.6 Å². The molecular formula is C9H11N5O. The van der Waals surface area contributed by atoms with Crippen LogP contribution in [0.2, 0.25) is 0 Å². The maximum atomic E-state index is 10.4. The van der Waals surface area contributed by atoms with Crippen molar-refractivity contribution in [1.29, 1.82) is 0 Å². The zero-order chi connectivity index (χ0) is 10.5. The van der Waals surface area contributed by atoms with Crippen molar-refractivity contribution in [3.63, 3.8) is 0 Å². The summed E-state index contributed by atoms with van der Waals surface area (Å²) in [5, 5.41) is 7.49. The first-order valence-corrected chi connectivity index (χ1v) is 4.69. The Morgan fingerprint density at radius 3 is 3.00 bits per heavy atom. The van der Waals surface area contributed by atoms with Gasteiger partial charge in [-0.1, -0.05) is 5.21 Å². The molecule has 15 heavy (non-hydrogen) atoms. The number of imidazole rings is 1. The lowest BCUT2D eigenvalue weighted by Gasteiger charge is -2.01. The Labute approximate surface area is 86.5 Å². The summed E-state index contributed by atoms with van der Waals surface area (Å²) in [6, 6.07) is 0. The van der Waals surface area contributed by atoms with Crippen LogP contribution >= 0.6 is 0 Å². The molecule has 0 aliphatic heterocycles. The van der Waals surface area contributed by atoms with Crippen molar-refractivity contribution in [3.05, 3.63) is 30.6 Å². The summed E-state index contributed by atoms with van der Waals surface area (Å²) in [5.41, 5.74) is 0.373. The molecule has 6 nitrogen and oxygen atoms in total. The average molecular weight is 205 g/mol. The molecule has 6 heteroatoms. The summed E-state index contributed by atoms with van der Waals surface area (Å²) in [5.74, 6) is 0. The molecule has 0 radical (unpaired) electrons. The Bertz CT molecular complexity index is 419. The van der Waals surface area contributed by atoms with Crippen LogP contribution < -0.4 is 0 Å². The van der Waals surface area contributed by atoms with Gasteiger partial charge in [-0.2, -0.15) is 0 Å². The van der Waals surface area contributed by atoms with Gasteiger partial charge < -0.3 is 4.57 Å². The van der Waals surface area contributed by atoms with Gasteiger partial charge in [-0.15, -0.1) is 5.10 Å². The van der Waals surface area contributed by atoms with Gasteiger partial charge in [-0.25, -0.2) is 4.98 Å². The molecule has 0 fully saturated rings. The molecule has 2 aromatic heterocycles. The van der Waals surface area contributed by atoms with E-state index >= 15 is 0 Å². The first-order valence-electron chi connectivity index (χ1n) is 4.69. The summed E-state index contributed by atoms with van der Waals surface area (Å²) in [6.45, 7) is 1.63. The normalized spacial score (nSPS) is 10.4. The number of carbonyl (C=O) groups excluding carboxylic acids is 1. The standard InChI is InChI=1S/C9H11N5O/c15-7-9-6-14(12-11-9)4-1-3-13-5-2-10-8-13/h2,5-8H,1,3-4H2. The third-order valence-corrected chi connectivity index (χ3v) is 2.04. The van der Waals surface area contributed by atoms with E-state index in [1.807, 2.05) is 10.8 Å². The highest BCUT2D eigenvalue weighted by molar-refractivity contribution is 5.70. The fourth-order valence-electron chi connectivity index (χ4n) is 1.31. The predicted molar refractivity (Wildman–Crippen MR) is 52.3 cm³/mol. The SMILES string of the molecule is O=Cc1cn(CCCn2ccnc2)nn1. The minimum Gasteiger partial charge on any atom is -0.337 e. The van der Waals surface area contributed by atoms with E-state index in [2.05, 4.69) is 15.3 Å². The molecule has 0 unspecified atom stereocenters. The van der Waals surface area contributed by atoms with Crippen molar-refractivity contribution in [2.24, 2.45) is 0 Å². The number of hydrogen-bond acceptors (Lipinski definition) is 4. The summed E-state index contributed by atoms with van der Waals surface area (Å²) in [7, 11) is 0. The molecule has 0 saturated carbocycles. The largest absolute Gasteiger partial charge is 0.337 e. The average Bonchev–Trinajstić information content (AvgIpc) is 2.88. The van der Waals surface area contributed by atoms with Crippen molar-refractivity contribution in [2.75, 3.05) is 0 Å². The summed E-state index contributed by atoms with van der Waals surface area (Å²) >= 11 is 0. The highest BCUT2D eigenvalue weighted by Gasteiger charge is 1.98. The second-order valence-electron chi connectivity index (χ2n) is 3.18. The second kappa shape index (κ2) is 4.50. The fourth-order valence-corrected chi connectivity index (χ4v) is 1.31. The van der Waals surface area contributed by atoms with Gasteiger partial charge in [0.05, 0.1) is 12.5 Å². The van der Waals surface area contributed by atoms with Crippen LogP contribution in [-0.4, -0.2) is 30.8 Å². The van der Waals surface area contributed by atoms with Crippen molar-refractivity contribution in [2.45, 2.75) is 19.5 Å². The van der Waals surface area contributed by atoms with Crippen LogP contribution in [0.25, 0.3) is 0 Å². The number of carbonyl (C=O) groups is 1. The van der Waals surface area contributed by atoms with Crippen molar-refractivity contribution in [1.82, 2.24) is 24.5 Å². The van der Waals surface area contributed by atoms with Crippen LogP contribution in [0.15, 0.2) is 24.9 Å². The maximum Gasteiger partial charge on any atom is 0.171 e. The molecule has 0 spiro atoms. The number of hydrogen-bond donors (Lipinski definition) is 0. The lowest BCUT2D eigenvalue weighted by atomic mass is 10.4. The summed E-state index contributed by atoms with van der Waals surface area (Å²) in [6.07, 6.45) is 8.70. The molecule has 0 amide bonds. The molecule has 0 aromatic carbocycles. The maximum absolute atomic E-state index is 10.4. The zero-order valence-corrected chi connectivity index (χ0v) is 8.15. The van der Waals surface area contributed by atoms with E-state index in [9.17, 15) is 4.79 Å². The van der Waals surface area contributed by atoms with Gasteiger partial charge in [0.25, 0.3) is 0 Å². The molecule has 0 N–H and O–H groups in total. The first-order chi connectivity index (χ1) is 7.38. The molecule has 0 saturated heterocycles. The van der Waals surface area contributed by atoms with Gasteiger partial charge in [0, 0.05) is 25.5 Å². The Balaban J connectivity index is 1.80. The van der Waals surface area contributed by atoms with Crippen LogP contribution in [0.4, 0.5) is 0 Å². The minimum absolute atomic E-state index is 0.373. The number of rotatable bonds is 5. The van der Waals surface area contributed by atoms with Crippen LogP contribution in [-0.2, 0) is 13.1 Å². The molecule has 0 bridgehead atoms. The van der Waals surface area contributed by atoms with E-state index in [1.54, 1.807) is 23.4 Å². The highest BCUT2D eigenvalue weighted by atomic mass is 16.1. The zero-order valence-electron chi connectivity index (χ0n) is 8.15. The van der Waals surface area contributed by atoms with Gasteiger partial charge >= 0.3 is 0 Å². The Morgan fingerprint density at radius 1 is 1.40 bits per heavy atom. The number of aryl methyl sites for hydroxylation is 2. The van der Waals surface area contributed by atoms with Crippen molar-refractivity contribution < 1.29 is 4.79 Å². The number of aldehydes is 1. The van der Waals surface area contributed by atoms with E-state index in [4.69, 9.17) is 0 Å². The van der Waals surface area contributed by atoms with Gasteiger partial charge in [0.2, 0.25) is 0 Å². The molecule has 0 atom stereocenters. The molecule has 0 aliphatic carbocycles. The monoisotopic (exact) mass is 205 g/mol. The third kappa shape index (κ3) is 2.49. The molecule has 2 heterocycles. The minimum atomic E-state index is 0.373. The lowest BCUT2D eigenvalue weighted by molar-refractivity contribution is 0.111. The highest BCUT2D eigenvalue weighted by Crippen LogP contribution is 1.95.